The minimum atomic E-state index is -0.314. The molecule has 2 aromatic rings. The number of aromatic nitrogens is 3. The third-order valence-corrected chi connectivity index (χ3v) is 2.62. The second-order valence-corrected chi connectivity index (χ2v) is 3.90. The van der Waals surface area contributed by atoms with Crippen LogP contribution in [-0.2, 0) is 16.1 Å². The molecule has 0 fully saturated rings. The van der Waals surface area contributed by atoms with E-state index in [1.165, 1.54) is 13.4 Å². The highest BCUT2D eigenvalue weighted by molar-refractivity contribution is 5.71. The molecular weight excluding hydrogens is 246 g/mol. The van der Waals surface area contributed by atoms with Crippen molar-refractivity contribution in [2.45, 2.75) is 6.54 Å². The number of benzene rings is 1. The minimum absolute atomic E-state index is 0.142. The number of hydrogen-bond acceptors (Lipinski definition) is 6. The quantitative estimate of drug-likeness (QED) is 0.586. The average molecular weight is 261 g/mol. The topological polar surface area (TPSA) is 95.1 Å². The van der Waals surface area contributed by atoms with E-state index in [9.17, 15) is 4.79 Å². The molecule has 2 rings (SSSR count). The van der Waals surface area contributed by atoms with Crippen LogP contribution in [0.5, 0.6) is 0 Å². The fraction of sp³-hybridized carbons (Fsp3) is 0.250. The van der Waals surface area contributed by atoms with Crippen LogP contribution >= 0.6 is 0 Å². The Balaban J connectivity index is 2.07. The Morgan fingerprint density at radius 1 is 1.53 bits per heavy atom. The second-order valence-electron chi connectivity index (χ2n) is 3.90. The summed E-state index contributed by atoms with van der Waals surface area (Å²) in [6.07, 6.45) is 3.07. The smallest absolute Gasteiger partial charge is 0.319 e. The lowest BCUT2D eigenvalue weighted by Crippen LogP contribution is -2.23. The Hall–Kier alpha value is -2.41. The van der Waals surface area contributed by atoms with E-state index < -0.39 is 0 Å². The molecule has 0 aliphatic heterocycles. The summed E-state index contributed by atoms with van der Waals surface area (Å²) in [5, 5.41) is 7.02. The van der Waals surface area contributed by atoms with Gasteiger partial charge in [0, 0.05) is 12.2 Å². The summed E-state index contributed by atoms with van der Waals surface area (Å²) in [5.41, 5.74) is 8.29. The molecule has 1 heterocycles. The molecular formula is C12H15N5O2. The lowest BCUT2D eigenvalue weighted by atomic mass is 10.1. The van der Waals surface area contributed by atoms with Crippen molar-refractivity contribution in [3.8, 4) is 5.69 Å². The summed E-state index contributed by atoms with van der Waals surface area (Å²) >= 11 is 0. The van der Waals surface area contributed by atoms with Crippen LogP contribution in [0.25, 0.3) is 5.69 Å². The highest BCUT2D eigenvalue weighted by Gasteiger charge is 2.05. The van der Waals surface area contributed by atoms with Gasteiger partial charge in [0.25, 0.3) is 0 Å². The van der Waals surface area contributed by atoms with Gasteiger partial charge in [-0.25, -0.2) is 9.67 Å². The van der Waals surface area contributed by atoms with E-state index in [2.05, 4.69) is 20.1 Å². The van der Waals surface area contributed by atoms with Gasteiger partial charge in [-0.1, -0.05) is 0 Å². The van der Waals surface area contributed by atoms with Gasteiger partial charge in [0.2, 0.25) is 0 Å². The van der Waals surface area contributed by atoms with E-state index >= 15 is 0 Å². The number of ether oxygens (including phenoxy) is 1. The molecule has 0 unspecified atom stereocenters. The molecule has 0 saturated carbocycles. The zero-order valence-corrected chi connectivity index (χ0v) is 10.5. The van der Waals surface area contributed by atoms with Crippen molar-refractivity contribution >= 4 is 11.7 Å². The normalized spacial score (nSPS) is 10.4. The molecule has 0 saturated heterocycles. The Morgan fingerprint density at radius 3 is 3.05 bits per heavy atom. The minimum Gasteiger partial charge on any atom is -0.468 e. The first kappa shape index (κ1) is 13.0. The van der Waals surface area contributed by atoms with Crippen LogP contribution in [0.15, 0.2) is 30.9 Å². The first-order valence-corrected chi connectivity index (χ1v) is 5.71. The summed E-state index contributed by atoms with van der Waals surface area (Å²) in [6, 6.07) is 5.55. The number of hydrogen-bond donors (Lipinski definition) is 2. The summed E-state index contributed by atoms with van der Waals surface area (Å²) < 4.78 is 6.19. The number of nitrogens with zero attached hydrogens (tertiary/aromatic N) is 3. The lowest BCUT2D eigenvalue weighted by Gasteiger charge is -2.09. The first-order chi connectivity index (χ1) is 9.20. The molecule has 0 aliphatic rings. The van der Waals surface area contributed by atoms with Gasteiger partial charge in [-0.15, -0.1) is 0 Å². The highest BCUT2D eigenvalue weighted by atomic mass is 16.5. The molecule has 7 nitrogen and oxygen atoms in total. The summed E-state index contributed by atoms with van der Waals surface area (Å²) in [4.78, 5) is 14.9. The van der Waals surface area contributed by atoms with Gasteiger partial charge in [-0.2, -0.15) is 5.10 Å². The standard InChI is InChI=1S/C12H15N5O2/c1-19-12(18)6-14-5-9-4-10(2-3-11(9)13)17-8-15-7-16-17/h2-4,7-8,14H,5-6,13H2,1H3. The van der Waals surface area contributed by atoms with E-state index in [4.69, 9.17) is 5.73 Å². The molecule has 0 spiro atoms. The van der Waals surface area contributed by atoms with Crippen LogP contribution in [0.3, 0.4) is 0 Å². The predicted octanol–water partition coefficient (Wildman–Crippen LogP) is 0.112. The fourth-order valence-corrected chi connectivity index (χ4v) is 1.60. The third kappa shape index (κ3) is 3.29. The highest BCUT2D eigenvalue weighted by Crippen LogP contribution is 2.16. The van der Waals surface area contributed by atoms with Gasteiger partial charge in [-0.05, 0) is 23.8 Å². The van der Waals surface area contributed by atoms with Crippen molar-refractivity contribution in [3.63, 3.8) is 0 Å². The lowest BCUT2D eigenvalue weighted by molar-refractivity contribution is -0.139. The van der Waals surface area contributed by atoms with E-state index in [-0.39, 0.29) is 12.5 Å². The monoisotopic (exact) mass is 261 g/mol. The van der Waals surface area contributed by atoms with Crippen LogP contribution in [-0.4, -0.2) is 34.4 Å². The average Bonchev–Trinajstić information content (AvgIpc) is 2.94. The van der Waals surface area contributed by atoms with Crippen LogP contribution in [0.2, 0.25) is 0 Å². The molecule has 19 heavy (non-hydrogen) atoms. The SMILES string of the molecule is COC(=O)CNCc1cc(-n2cncn2)ccc1N. The van der Waals surface area contributed by atoms with Crippen molar-refractivity contribution in [2.24, 2.45) is 0 Å². The van der Waals surface area contributed by atoms with Crippen LogP contribution in [0, 0.1) is 0 Å². The molecule has 0 amide bonds. The Bertz CT molecular complexity index is 553. The Morgan fingerprint density at radius 2 is 2.37 bits per heavy atom. The zero-order valence-electron chi connectivity index (χ0n) is 10.5. The first-order valence-electron chi connectivity index (χ1n) is 5.71. The van der Waals surface area contributed by atoms with Gasteiger partial charge in [0.05, 0.1) is 19.3 Å². The zero-order chi connectivity index (χ0) is 13.7. The maximum atomic E-state index is 11.0. The summed E-state index contributed by atoms with van der Waals surface area (Å²) in [7, 11) is 1.35. The maximum Gasteiger partial charge on any atom is 0.319 e. The second kappa shape index (κ2) is 5.96. The van der Waals surface area contributed by atoms with E-state index in [1.54, 1.807) is 17.1 Å². The molecule has 0 atom stereocenters. The van der Waals surface area contributed by atoms with Gasteiger partial charge >= 0.3 is 5.97 Å². The fourth-order valence-electron chi connectivity index (χ4n) is 1.60. The summed E-state index contributed by atoms with van der Waals surface area (Å²) in [5.74, 6) is -0.314. The molecule has 1 aromatic heterocycles. The van der Waals surface area contributed by atoms with Crippen molar-refractivity contribution in [3.05, 3.63) is 36.4 Å². The number of esters is 1. The van der Waals surface area contributed by atoms with E-state index in [0.717, 1.165) is 11.3 Å². The number of nitrogens with one attached hydrogen (secondary N) is 1. The van der Waals surface area contributed by atoms with Gasteiger partial charge in [0.1, 0.15) is 12.7 Å². The molecule has 0 radical (unpaired) electrons. The van der Waals surface area contributed by atoms with Crippen molar-refractivity contribution < 1.29 is 9.53 Å². The number of carbonyl (C=O) groups is 1. The van der Waals surface area contributed by atoms with Gasteiger partial charge in [-0.3, -0.25) is 4.79 Å². The Kier molecular flexibility index (Phi) is 4.09. The number of nitrogens with two attached hydrogens (primary N) is 1. The molecule has 1 aromatic carbocycles. The number of anilines is 1. The van der Waals surface area contributed by atoms with Crippen molar-refractivity contribution in [2.75, 3.05) is 19.4 Å². The number of rotatable bonds is 5. The number of nitrogen functional groups attached to an aromatic ring is 1. The van der Waals surface area contributed by atoms with E-state index in [0.29, 0.717) is 12.2 Å². The molecule has 100 valence electrons. The third-order valence-electron chi connectivity index (χ3n) is 2.62. The largest absolute Gasteiger partial charge is 0.468 e. The Labute approximate surface area is 110 Å². The molecule has 0 bridgehead atoms. The number of methoxy groups -OCH3 is 1. The van der Waals surface area contributed by atoms with Gasteiger partial charge in [0.15, 0.2) is 0 Å². The number of carbonyl (C=O) groups excluding carboxylic acids is 1. The molecule has 3 N–H and O–H groups in total. The van der Waals surface area contributed by atoms with Crippen LogP contribution in [0.4, 0.5) is 5.69 Å². The maximum absolute atomic E-state index is 11.0. The van der Waals surface area contributed by atoms with Crippen LogP contribution in [0.1, 0.15) is 5.56 Å². The summed E-state index contributed by atoms with van der Waals surface area (Å²) in [6.45, 7) is 0.618. The molecule has 0 aliphatic carbocycles. The van der Waals surface area contributed by atoms with E-state index in [1.807, 2.05) is 12.1 Å². The van der Waals surface area contributed by atoms with Crippen molar-refractivity contribution in [1.82, 2.24) is 20.1 Å². The predicted molar refractivity (Wildman–Crippen MR) is 69.5 cm³/mol. The van der Waals surface area contributed by atoms with Crippen molar-refractivity contribution in [1.29, 1.82) is 0 Å². The van der Waals surface area contributed by atoms with Gasteiger partial charge < -0.3 is 15.8 Å². The molecule has 7 heteroatoms. The van der Waals surface area contributed by atoms with Crippen LogP contribution < -0.4 is 11.1 Å².